The minimum absolute atomic E-state index is 0.945. The van der Waals surface area contributed by atoms with E-state index >= 15 is 0 Å². The van der Waals surface area contributed by atoms with Gasteiger partial charge in [0, 0.05) is 12.1 Å². The van der Waals surface area contributed by atoms with E-state index in [0.717, 1.165) is 17.8 Å². The second-order valence-electron chi connectivity index (χ2n) is 3.83. The molecular formula is C15H15N. The molecule has 0 radical (unpaired) electrons. The zero-order valence-corrected chi connectivity index (χ0v) is 9.48. The van der Waals surface area contributed by atoms with Crippen molar-refractivity contribution in [1.82, 2.24) is 0 Å². The summed E-state index contributed by atoms with van der Waals surface area (Å²) in [6, 6.07) is 8.30. The zero-order chi connectivity index (χ0) is 11.4. The van der Waals surface area contributed by atoms with Crippen LogP contribution in [-0.4, -0.2) is 5.71 Å². The van der Waals surface area contributed by atoms with Gasteiger partial charge in [0.15, 0.2) is 0 Å². The fourth-order valence-corrected chi connectivity index (χ4v) is 1.74. The van der Waals surface area contributed by atoms with Crippen molar-refractivity contribution in [3.8, 4) is 0 Å². The van der Waals surface area contributed by atoms with Crippen LogP contribution in [0.2, 0.25) is 0 Å². The lowest BCUT2D eigenvalue weighted by atomic mass is 10.1. The molecule has 0 bridgehead atoms. The molecule has 0 saturated carbocycles. The highest BCUT2D eigenvalue weighted by molar-refractivity contribution is 6.05. The fraction of sp³-hybridized carbons (Fsp3) is 0.133. The Balaban J connectivity index is 2.19. The summed E-state index contributed by atoms with van der Waals surface area (Å²) in [6.07, 6.45) is 8.71. The van der Waals surface area contributed by atoms with Crippen molar-refractivity contribution in [2.24, 2.45) is 4.99 Å². The van der Waals surface area contributed by atoms with E-state index in [2.05, 4.69) is 42.8 Å². The highest BCUT2D eigenvalue weighted by Crippen LogP contribution is 2.27. The number of allylic oxidation sites excluding steroid dienone is 5. The first kappa shape index (κ1) is 10.6. The number of fused-ring (bicyclic) bond motifs is 1. The van der Waals surface area contributed by atoms with E-state index in [1.54, 1.807) is 6.08 Å². The summed E-state index contributed by atoms with van der Waals surface area (Å²) in [5.41, 5.74) is 4.81. The molecule has 80 valence electrons. The molecule has 0 unspecified atom stereocenters. The number of benzene rings is 1. The van der Waals surface area contributed by atoms with Crippen LogP contribution in [0.4, 0.5) is 5.69 Å². The summed E-state index contributed by atoms with van der Waals surface area (Å²) >= 11 is 0. The molecule has 0 aliphatic carbocycles. The lowest BCUT2D eigenvalue weighted by Gasteiger charge is -1.97. The number of nitrogens with zero attached hydrogens (tertiary/aromatic N) is 1. The van der Waals surface area contributed by atoms with Crippen molar-refractivity contribution in [3.05, 3.63) is 66.3 Å². The average Bonchev–Trinajstić information content (AvgIpc) is 2.73. The van der Waals surface area contributed by atoms with Crippen molar-refractivity contribution in [2.45, 2.75) is 13.3 Å². The largest absolute Gasteiger partial charge is 0.253 e. The van der Waals surface area contributed by atoms with E-state index in [9.17, 15) is 0 Å². The van der Waals surface area contributed by atoms with Gasteiger partial charge in [-0.3, -0.25) is 4.99 Å². The Labute approximate surface area is 96.5 Å². The third kappa shape index (κ3) is 2.19. The number of para-hydroxylation sites is 1. The first-order valence-electron chi connectivity index (χ1n) is 5.43. The summed E-state index contributed by atoms with van der Waals surface area (Å²) in [6.45, 7) is 5.74. The van der Waals surface area contributed by atoms with Crippen molar-refractivity contribution in [1.29, 1.82) is 0 Å². The van der Waals surface area contributed by atoms with Crippen LogP contribution in [-0.2, 0) is 6.42 Å². The number of hydrogen-bond acceptors (Lipinski definition) is 1. The molecule has 0 aromatic heterocycles. The Hall–Kier alpha value is -1.89. The predicted molar refractivity (Wildman–Crippen MR) is 70.3 cm³/mol. The fourth-order valence-electron chi connectivity index (χ4n) is 1.74. The summed E-state index contributed by atoms with van der Waals surface area (Å²) in [5.74, 6) is 0. The quantitative estimate of drug-likeness (QED) is 0.667. The average molecular weight is 209 g/mol. The van der Waals surface area contributed by atoms with Gasteiger partial charge in [-0.25, -0.2) is 0 Å². The standard InChI is InChI=1S/C15H15N/c1-3-4-5-8-12(2)15-11-13-9-6-7-10-14(13)16-15/h3-10H,1,11H2,2H3/b5-4-,12-8+. The molecule has 1 aromatic carbocycles. The van der Waals surface area contributed by atoms with Gasteiger partial charge in [0.25, 0.3) is 0 Å². The molecule has 1 heteroatoms. The highest BCUT2D eigenvalue weighted by Gasteiger charge is 2.13. The Morgan fingerprint density at radius 1 is 1.31 bits per heavy atom. The van der Waals surface area contributed by atoms with Gasteiger partial charge in [-0.2, -0.15) is 0 Å². The first-order valence-corrected chi connectivity index (χ1v) is 5.43. The van der Waals surface area contributed by atoms with Gasteiger partial charge in [0.2, 0.25) is 0 Å². The Bertz CT molecular complexity index is 490. The van der Waals surface area contributed by atoms with Crippen LogP contribution in [0.1, 0.15) is 12.5 Å². The molecule has 1 aliphatic heterocycles. The normalized spacial score (nSPS) is 15.1. The van der Waals surface area contributed by atoms with Crippen LogP contribution in [0.25, 0.3) is 0 Å². The maximum absolute atomic E-state index is 4.62. The smallest absolute Gasteiger partial charge is 0.0669 e. The van der Waals surface area contributed by atoms with Gasteiger partial charge >= 0.3 is 0 Å². The summed E-state index contributed by atoms with van der Waals surface area (Å²) in [4.78, 5) is 4.62. The topological polar surface area (TPSA) is 12.4 Å². The zero-order valence-electron chi connectivity index (χ0n) is 9.48. The summed E-state index contributed by atoms with van der Waals surface area (Å²) in [5, 5.41) is 0. The summed E-state index contributed by atoms with van der Waals surface area (Å²) < 4.78 is 0. The van der Waals surface area contributed by atoms with E-state index in [1.807, 2.05) is 18.2 Å². The van der Waals surface area contributed by atoms with Crippen molar-refractivity contribution in [2.75, 3.05) is 0 Å². The summed E-state index contributed by atoms with van der Waals surface area (Å²) in [7, 11) is 0. The number of aliphatic imine (C=N–C) groups is 1. The minimum Gasteiger partial charge on any atom is -0.253 e. The highest BCUT2D eigenvalue weighted by atomic mass is 14.8. The Morgan fingerprint density at radius 2 is 2.12 bits per heavy atom. The molecule has 0 spiro atoms. The van der Waals surface area contributed by atoms with Crippen LogP contribution in [0.3, 0.4) is 0 Å². The predicted octanol–water partition coefficient (Wildman–Crippen LogP) is 4.00. The molecule has 0 atom stereocenters. The number of rotatable bonds is 3. The van der Waals surface area contributed by atoms with Crippen molar-refractivity contribution in [3.63, 3.8) is 0 Å². The lowest BCUT2D eigenvalue weighted by molar-refractivity contribution is 1.37. The maximum atomic E-state index is 4.62. The monoisotopic (exact) mass is 209 g/mol. The second kappa shape index (κ2) is 4.75. The van der Waals surface area contributed by atoms with Crippen molar-refractivity contribution >= 4 is 11.4 Å². The molecule has 1 aromatic rings. The first-order chi connectivity index (χ1) is 7.81. The van der Waals surface area contributed by atoms with Gasteiger partial charge in [0.1, 0.15) is 0 Å². The van der Waals surface area contributed by atoms with E-state index in [1.165, 1.54) is 11.1 Å². The second-order valence-corrected chi connectivity index (χ2v) is 3.83. The van der Waals surface area contributed by atoms with Crippen LogP contribution >= 0.6 is 0 Å². The molecule has 1 nitrogen and oxygen atoms in total. The van der Waals surface area contributed by atoms with Gasteiger partial charge in [-0.05, 0) is 24.1 Å². The molecule has 0 fully saturated rings. The Morgan fingerprint density at radius 3 is 2.88 bits per heavy atom. The molecular weight excluding hydrogens is 194 g/mol. The molecule has 0 saturated heterocycles. The Kier molecular flexibility index (Phi) is 3.16. The number of hydrogen-bond donors (Lipinski definition) is 0. The van der Waals surface area contributed by atoms with Gasteiger partial charge in [0.05, 0.1) is 5.69 Å². The van der Waals surface area contributed by atoms with Crippen LogP contribution in [0, 0.1) is 0 Å². The lowest BCUT2D eigenvalue weighted by Crippen LogP contribution is -1.98. The van der Waals surface area contributed by atoms with Gasteiger partial charge in [-0.1, -0.05) is 49.1 Å². The van der Waals surface area contributed by atoms with E-state index < -0.39 is 0 Å². The van der Waals surface area contributed by atoms with Crippen LogP contribution in [0.5, 0.6) is 0 Å². The molecule has 0 amide bonds. The van der Waals surface area contributed by atoms with E-state index in [-0.39, 0.29) is 0 Å². The molecule has 2 rings (SSSR count). The van der Waals surface area contributed by atoms with E-state index in [0.29, 0.717) is 0 Å². The van der Waals surface area contributed by atoms with Gasteiger partial charge < -0.3 is 0 Å². The molecule has 1 aliphatic rings. The molecule has 16 heavy (non-hydrogen) atoms. The SMILES string of the molecule is C=C/C=C\C=C(/C)C1=Nc2ccccc2C1. The van der Waals surface area contributed by atoms with Gasteiger partial charge in [-0.15, -0.1) is 0 Å². The van der Waals surface area contributed by atoms with Crippen LogP contribution in [0.15, 0.2) is 65.7 Å². The molecule has 0 N–H and O–H groups in total. The molecule has 1 heterocycles. The van der Waals surface area contributed by atoms with Crippen molar-refractivity contribution < 1.29 is 0 Å². The minimum atomic E-state index is 0.945. The van der Waals surface area contributed by atoms with Crippen LogP contribution < -0.4 is 0 Å². The maximum Gasteiger partial charge on any atom is 0.0669 e. The van der Waals surface area contributed by atoms with E-state index in [4.69, 9.17) is 0 Å². The third-order valence-corrected chi connectivity index (χ3v) is 2.65. The third-order valence-electron chi connectivity index (χ3n) is 2.65.